The molecular formula is C23H27NO6. The molecule has 7 nitrogen and oxygen atoms in total. The average Bonchev–Trinajstić information content (AvgIpc) is 2.76. The Labute approximate surface area is 175 Å². The van der Waals surface area contributed by atoms with E-state index in [9.17, 15) is 9.90 Å². The van der Waals surface area contributed by atoms with Gasteiger partial charge in [0, 0.05) is 5.56 Å². The highest BCUT2D eigenvalue weighted by Crippen LogP contribution is 2.33. The number of benzene rings is 2. The van der Waals surface area contributed by atoms with Crippen LogP contribution in [0.1, 0.15) is 29.8 Å². The van der Waals surface area contributed by atoms with Crippen molar-refractivity contribution in [1.82, 2.24) is 5.32 Å². The van der Waals surface area contributed by atoms with Gasteiger partial charge in [0.2, 0.25) is 0 Å². The molecule has 2 aromatic rings. The van der Waals surface area contributed by atoms with Crippen LogP contribution in [0.3, 0.4) is 0 Å². The van der Waals surface area contributed by atoms with Crippen molar-refractivity contribution in [3.8, 4) is 0 Å². The summed E-state index contributed by atoms with van der Waals surface area (Å²) in [4.78, 5) is 12.8. The summed E-state index contributed by atoms with van der Waals surface area (Å²) in [6, 6.07) is 17.7. The highest BCUT2D eigenvalue weighted by molar-refractivity contribution is 5.94. The van der Waals surface area contributed by atoms with Crippen LogP contribution < -0.4 is 5.32 Å². The van der Waals surface area contributed by atoms with Crippen molar-refractivity contribution >= 4 is 5.91 Å². The zero-order valence-electron chi connectivity index (χ0n) is 17.1. The van der Waals surface area contributed by atoms with Gasteiger partial charge in [-0.05, 0) is 31.5 Å². The number of hydrogen-bond acceptors (Lipinski definition) is 6. The maximum Gasteiger partial charge on any atom is 0.251 e. The molecule has 2 aliphatic heterocycles. The number of aliphatic hydroxyl groups is 1. The summed E-state index contributed by atoms with van der Waals surface area (Å²) < 4.78 is 23.7. The Kier molecular flexibility index (Phi) is 6.17. The lowest BCUT2D eigenvalue weighted by atomic mass is 9.95. The van der Waals surface area contributed by atoms with E-state index < -0.39 is 36.4 Å². The first-order valence-electron chi connectivity index (χ1n) is 10.1. The van der Waals surface area contributed by atoms with Crippen LogP contribution in [0.4, 0.5) is 0 Å². The Morgan fingerprint density at radius 2 is 1.80 bits per heavy atom. The summed E-state index contributed by atoms with van der Waals surface area (Å²) in [5.41, 5.74) is 1.45. The lowest BCUT2D eigenvalue weighted by molar-refractivity contribution is -0.369. The fourth-order valence-electron chi connectivity index (χ4n) is 3.72. The van der Waals surface area contributed by atoms with Crippen LogP contribution in [0.5, 0.6) is 0 Å². The normalized spacial score (nSPS) is 30.3. The van der Waals surface area contributed by atoms with E-state index in [2.05, 4.69) is 5.32 Å². The summed E-state index contributed by atoms with van der Waals surface area (Å²) in [5.74, 6) is -1.17. The number of nitrogens with one attached hydrogen (secondary N) is 1. The Bertz CT molecular complexity index is 843. The molecule has 1 amide bonds. The second-order valence-corrected chi connectivity index (χ2v) is 7.99. The van der Waals surface area contributed by atoms with E-state index in [1.807, 2.05) is 36.4 Å². The molecule has 2 heterocycles. The molecule has 0 spiro atoms. The number of fused-ring (bicyclic) bond motifs is 1. The molecule has 30 heavy (non-hydrogen) atoms. The Morgan fingerprint density at radius 1 is 1.13 bits per heavy atom. The molecule has 5 atom stereocenters. The first-order valence-corrected chi connectivity index (χ1v) is 10.1. The van der Waals surface area contributed by atoms with Gasteiger partial charge in [0.05, 0.1) is 13.2 Å². The fourth-order valence-corrected chi connectivity index (χ4v) is 3.72. The van der Waals surface area contributed by atoms with E-state index in [0.29, 0.717) is 5.56 Å². The van der Waals surface area contributed by atoms with Gasteiger partial charge in [0.1, 0.15) is 24.4 Å². The number of amides is 1. The third kappa shape index (κ3) is 4.71. The number of ether oxygens (including phenoxy) is 4. The molecule has 0 bridgehead atoms. The van der Waals surface area contributed by atoms with E-state index in [1.165, 1.54) is 0 Å². The highest BCUT2D eigenvalue weighted by atomic mass is 16.8. The van der Waals surface area contributed by atoms with E-state index in [1.54, 1.807) is 38.1 Å². The van der Waals surface area contributed by atoms with Gasteiger partial charge >= 0.3 is 0 Å². The molecule has 7 heteroatoms. The number of aliphatic hydroxyl groups excluding tert-OH is 1. The predicted octanol–water partition coefficient (Wildman–Crippen LogP) is 2.24. The smallest absolute Gasteiger partial charge is 0.251 e. The molecule has 0 radical (unpaired) electrons. The Balaban J connectivity index is 1.53. The lowest BCUT2D eigenvalue weighted by Gasteiger charge is -2.49. The number of rotatable bonds is 5. The zero-order chi connectivity index (χ0) is 21.1. The minimum absolute atomic E-state index is 0.263. The first-order chi connectivity index (χ1) is 14.4. The molecule has 0 saturated carbocycles. The molecule has 2 aromatic carbocycles. The standard InChI is InChI=1S/C23H27NO6/c1-23(2)28-14-17-20(30-23)19(25)18(24-21(26)16-11-7-4-8-12-16)22(29-17)27-13-15-9-5-3-6-10-15/h3-12,17-20,22,25H,13-14H2,1-2H3,(H,24,26). The molecule has 160 valence electrons. The van der Waals surface area contributed by atoms with Crippen molar-refractivity contribution in [3.63, 3.8) is 0 Å². The van der Waals surface area contributed by atoms with Gasteiger partial charge in [-0.1, -0.05) is 48.5 Å². The SMILES string of the molecule is CC1(C)OCC2OC(OCc3ccccc3)C(NC(=O)c3ccccc3)C(O)C2O1. The number of carbonyl (C=O) groups is 1. The van der Waals surface area contributed by atoms with Crippen molar-refractivity contribution in [2.75, 3.05) is 6.61 Å². The summed E-state index contributed by atoms with van der Waals surface area (Å²) in [5, 5.41) is 14.0. The van der Waals surface area contributed by atoms with Crippen LogP contribution in [-0.2, 0) is 25.6 Å². The second kappa shape index (κ2) is 8.83. The maximum atomic E-state index is 12.8. The highest BCUT2D eigenvalue weighted by Gasteiger charge is 2.51. The van der Waals surface area contributed by atoms with Crippen LogP contribution in [-0.4, -0.2) is 54.1 Å². The van der Waals surface area contributed by atoms with Gasteiger partial charge in [0.15, 0.2) is 12.1 Å². The topological polar surface area (TPSA) is 86.2 Å². The molecule has 0 aromatic heterocycles. The Hall–Kier alpha value is -2.29. The van der Waals surface area contributed by atoms with Gasteiger partial charge in [-0.2, -0.15) is 0 Å². The van der Waals surface area contributed by atoms with Gasteiger partial charge in [0.25, 0.3) is 5.91 Å². The van der Waals surface area contributed by atoms with E-state index in [4.69, 9.17) is 18.9 Å². The van der Waals surface area contributed by atoms with Crippen molar-refractivity contribution in [3.05, 3.63) is 71.8 Å². The monoisotopic (exact) mass is 413 g/mol. The second-order valence-electron chi connectivity index (χ2n) is 7.99. The van der Waals surface area contributed by atoms with Gasteiger partial charge < -0.3 is 29.4 Å². The lowest BCUT2D eigenvalue weighted by Crippen LogP contribution is -2.68. The minimum Gasteiger partial charge on any atom is -0.388 e. The predicted molar refractivity (Wildman–Crippen MR) is 108 cm³/mol. The molecule has 0 aliphatic carbocycles. The molecule has 4 rings (SSSR count). The number of carbonyl (C=O) groups excluding carboxylic acids is 1. The number of hydrogen-bond donors (Lipinski definition) is 2. The zero-order valence-corrected chi connectivity index (χ0v) is 17.1. The van der Waals surface area contributed by atoms with Crippen molar-refractivity contribution < 1.29 is 28.8 Å². The maximum absolute atomic E-state index is 12.8. The van der Waals surface area contributed by atoms with Gasteiger partial charge in [-0.25, -0.2) is 0 Å². The van der Waals surface area contributed by atoms with Gasteiger partial charge in [-0.3, -0.25) is 4.79 Å². The largest absolute Gasteiger partial charge is 0.388 e. The van der Waals surface area contributed by atoms with Crippen LogP contribution in [0.2, 0.25) is 0 Å². The molecule has 2 fully saturated rings. The summed E-state index contributed by atoms with van der Waals surface area (Å²) in [7, 11) is 0. The van der Waals surface area contributed by atoms with E-state index >= 15 is 0 Å². The van der Waals surface area contributed by atoms with Crippen molar-refractivity contribution in [1.29, 1.82) is 0 Å². The quantitative estimate of drug-likeness (QED) is 0.782. The Morgan fingerprint density at radius 3 is 2.50 bits per heavy atom. The van der Waals surface area contributed by atoms with Crippen molar-refractivity contribution in [2.45, 2.75) is 56.9 Å². The van der Waals surface area contributed by atoms with E-state index in [-0.39, 0.29) is 19.1 Å². The minimum atomic E-state index is -1.03. The molecule has 2 aliphatic rings. The average molecular weight is 413 g/mol. The van der Waals surface area contributed by atoms with Crippen molar-refractivity contribution in [2.24, 2.45) is 0 Å². The van der Waals surface area contributed by atoms with Crippen LogP contribution >= 0.6 is 0 Å². The summed E-state index contributed by atoms with van der Waals surface area (Å²) in [6.07, 6.45) is -3.03. The first kappa shape index (κ1) is 21.0. The third-order valence-electron chi connectivity index (χ3n) is 5.28. The van der Waals surface area contributed by atoms with E-state index in [0.717, 1.165) is 5.56 Å². The fraction of sp³-hybridized carbons (Fsp3) is 0.435. The molecular weight excluding hydrogens is 386 g/mol. The van der Waals surface area contributed by atoms with Crippen LogP contribution in [0.25, 0.3) is 0 Å². The molecule has 5 unspecified atom stereocenters. The van der Waals surface area contributed by atoms with Gasteiger partial charge in [-0.15, -0.1) is 0 Å². The third-order valence-corrected chi connectivity index (χ3v) is 5.28. The van der Waals surface area contributed by atoms with Crippen LogP contribution in [0.15, 0.2) is 60.7 Å². The molecule has 2 N–H and O–H groups in total. The summed E-state index contributed by atoms with van der Waals surface area (Å²) in [6.45, 7) is 4.11. The summed E-state index contributed by atoms with van der Waals surface area (Å²) >= 11 is 0. The van der Waals surface area contributed by atoms with Crippen LogP contribution in [0, 0.1) is 0 Å². The molecule has 2 saturated heterocycles.